The molecule has 0 aliphatic carbocycles. The van der Waals surface area contributed by atoms with E-state index in [9.17, 15) is 9.59 Å². The topological polar surface area (TPSA) is 73.2 Å². The summed E-state index contributed by atoms with van der Waals surface area (Å²) in [7, 11) is 0. The van der Waals surface area contributed by atoms with Crippen LogP contribution < -0.4 is 10.2 Å². The number of carbonyl (C=O) groups is 2. The Kier molecular flexibility index (Phi) is 5.01. The molecule has 125 valence electrons. The highest BCUT2D eigenvalue weighted by molar-refractivity contribution is 6.30. The van der Waals surface area contributed by atoms with Gasteiger partial charge in [-0.2, -0.15) is 5.26 Å². The minimum atomic E-state index is -0.654. The van der Waals surface area contributed by atoms with Gasteiger partial charge in [0.15, 0.2) is 0 Å². The molecule has 2 amide bonds. The van der Waals surface area contributed by atoms with E-state index in [1.807, 2.05) is 18.2 Å². The minimum absolute atomic E-state index is 0.252. The first kappa shape index (κ1) is 17.0. The summed E-state index contributed by atoms with van der Waals surface area (Å²) in [6.07, 6.45) is 0.148. The number of amides is 2. The number of rotatable bonds is 4. The third-order valence-corrected chi connectivity index (χ3v) is 4.34. The number of nitrogens with zero attached hydrogens (tertiary/aromatic N) is 2. The average Bonchev–Trinajstić information content (AvgIpc) is 3.01. The maximum absolute atomic E-state index is 12.6. The summed E-state index contributed by atoms with van der Waals surface area (Å²) in [5, 5.41) is 12.3. The van der Waals surface area contributed by atoms with Crippen molar-refractivity contribution in [3.8, 4) is 6.07 Å². The zero-order valence-electron chi connectivity index (χ0n) is 13.3. The van der Waals surface area contributed by atoms with Crippen LogP contribution in [0.5, 0.6) is 0 Å². The van der Waals surface area contributed by atoms with E-state index >= 15 is 0 Å². The molecule has 0 aromatic heterocycles. The van der Waals surface area contributed by atoms with Crippen molar-refractivity contribution in [2.75, 3.05) is 4.90 Å². The number of nitrogens with one attached hydrogen (secondary N) is 1. The van der Waals surface area contributed by atoms with Crippen molar-refractivity contribution < 1.29 is 9.59 Å². The van der Waals surface area contributed by atoms with Crippen molar-refractivity contribution in [2.24, 2.45) is 0 Å². The Labute approximate surface area is 150 Å². The summed E-state index contributed by atoms with van der Waals surface area (Å²) >= 11 is 5.85. The second-order valence-corrected chi connectivity index (χ2v) is 6.15. The van der Waals surface area contributed by atoms with Crippen LogP contribution in [-0.4, -0.2) is 17.9 Å². The predicted octanol–water partition coefficient (Wildman–Crippen LogP) is 2.63. The third-order valence-electron chi connectivity index (χ3n) is 4.09. The molecular formula is C19H15ClN3O2. The van der Waals surface area contributed by atoms with Crippen LogP contribution in [0.4, 0.5) is 5.69 Å². The van der Waals surface area contributed by atoms with Gasteiger partial charge in [-0.1, -0.05) is 29.8 Å². The van der Waals surface area contributed by atoms with E-state index in [4.69, 9.17) is 16.9 Å². The maximum atomic E-state index is 12.6. The van der Waals surface area contributed by atoms with Gasteiger partial charge >= 0.3 is 0 Å². The number of anilines is 1. The van der Waals surface area contributed by atoms with Crippen LogP contribution in [0.2, 0.25) is 5.02 Å². The predicted molar refractivity (Wildman–Crippen MR) is 93.8 cm³/mol. The van der Waals surface area contributed by atoms with E-state index in [1.54, 1.807) is 30.3 Å². The number of hydrogen-bond acceptors (Lipinski definition) is 3. The molecule has 1 radical (unpaired) electrons. The van der Waals surface area contributed by atoms with Gasteiger partial charge in [-0.3, -0.25) is 14.5 Å². The van der Waals surface area contributed by atoms with Crippen molar-refractivity contribution in [2.45, 2.75) is 25.4 Å². The van der Waals surface area contributed by atoms with Crippen LogP contribution in [0.25, 0.3) is 0 Å². The molecule has 5 nitrogen and oxygen atoms in total. The smallest absolute Gasteiger partial charge is 0.243 e. The fourth-order valence-electron chi connectivity index (χ4n) is 2.90. The Hall–Kier alpha value is -2.84. The monoisotopic (exact) mass is 352 g/mol. The average molecular weight is 353 g/mol. The molecule has 1 aliphatic heterocycles. The quantitative estimate of drug-likeness (QED) is 0.919. The van der Waals surface area contributed by atoms with Gasteiger partial charge in [0.05, 0.1) is 6.07 Å². The van der Waals surface area contributed by atoms with Gasteiger partial charge in [0, 0.05) is 23.7 Å². The number of hydrogen-bond donors (Lipinski definition) is 1. The van der Waals surface area contributed by atoms with Crippen LogP contribution in [0.3, 0.4) is 0 Å². The molecular weight excluding hydrogens is 338 g/mol. The van der Waals surface area contributed by atoms with Crippen molar-refractivity contribution in [3.05, 3.63) is 64.7 Å². The molecule has 0 spiro atoms. The van der Waals surface area contributed by atoms with Crippen LogP contribution in [0, 0.1) is 17.4 Å². The molecule has 0 saturated carbocycles. The zero-order chi connectivity index (χ0) is 17.8. The van der Waals surface area contributed by atoms with Crippen molar-refractivity contribution >= 4 is 29.1 Å². The minimum Gasteiger partial charge on any atom is -0.350 e. The lowest BCUT2D eigenvalue weighted by atomic mass is 10.1. The Morgan fingerprint density at radius 2 is 2.08 bits per heavy atom. The Morgan fingerprint density at radius 1 is 1.32 bits per heavy atom. The molecule has 2 aromatic rings. The molecule has 1 N–H and O–H groups in total. The van der Waals surface area contributed by atoms with E-state index in [0.717, 1.165) is 11.1 Å². The van der Waals surface area contributed by atoms with Gasteiger partial charge in [-0.25, -0.2) is 0 Å². The Morgan fingerprint density at radius 3 is 2.80 bits per heavy atom. The van der Waals surface area contributed by atoms with Gasteiger partial charge in [0.25, 0.3) is 0 Å². The highest BCUT2D eigenvalue weighted by atomic mass is 35.5. The van der Waals surface area contributed by atoms with Gasteiger partial charge in [-0.15, -0.1) is 0 Å². The maximum Gasteiger partial charge on any atom is 0.243 e. The molecule has 6 heteroatoms. The lowest BCUT2D eigenvalue weighted by Crippen LogP contribution is -2.47. The van der Waals surface area contributed by atoms with Crippen LogP contribution in [-0.2, 0) is 22.6 Å². The highest BCUT2D eigenvalue weighted by Crippen LogP contribution is 2.32. The van der Waals surface area contributed by atoms with E-state index in [-0.39, 0.29) is 18.2 Å². The lowest BCUT2D eigenvalue weighted by molar-refractivity contribution is -0.126. The second-order valence-electron chi connectivity index (χ2n) is 5.72. The Bertz CT molecular complexity index is 842. The van der Waals surface area contributed by atoms with Gasteiger partial charge < -0.3 is 5.32 Å². The number of carbonyl (C=O) groups excluding carboxylic acids is 2. The fraction of sp³-hybridized carbons (Fsp3) is 0.211. The van der Waals surface area contributed by atoms with Gasteiger partial charge in [-0.05, 0) is 41.5 Å². The molecule has 0 bridgehead atoms. The number of benzene rings is 2. The normalized spacial score (nSPS) is 15.4. The lowest BCUT2D eigenvalue weighted by Gasteiger charge is -2.24. The molecule has 1 unspecified atom stereocenters. The van der Waals surface area contributed by atoms with Crippen molar-refractivity contribution in [1.29, 1.82) is 5.26 Å². The number of halogens is 1. The van der Waals surface area contributed by atoms with Crippen LogP contribution in [0.1, 0.15) is 17.5 Å². The first-order chi connectivity index (χ1) is 12.1. The molecule has 1 atom stereocenters. The third kappa shape index (κ3) is 3.65. The molecule has 1 heterocycles. The molecule has 25 heavy (non-hydrogen) atoms. The van der Waals surface area contributed by atoms with Crippen molar-refractivity contribution in [3.63, 3.8) is 0 Å². The largest absolute Gasteiger partial charge is 0.350 e. The highest BCUT2D eigenvalue weighted by Gasteiger charge is 2.37. The summed E-state index contributed by atoms with van der Waals surface area (Å²) in [4.78, 5) is 26.4. The summed E-state index contributed by atoms with van der Waals surface area (Å²) in [5.74, 6) is -0.628. The van der Waals surface area contributed by atoms with E-state index in [2.05, 4.69) is 11.4 Å². The first-order valence-corrected chi connectivity index (χ1v) is 8.18. The SMILES string of the molecule is N#CCC(=O)N1c2cc[c]cc2CC1C(=O)NCc1ccc(Cl)cc1. The van der Waals surface area contributed by atoms with Gasteiger partial charge in [0.2, 0.25) is 11.8 Å². The van der Waals surface area contributed by atoms with E-state index < -0.39 is 6.04 Å². The summed E-state index contributed by atoms with van der Waals surface area (Å²) in [5.41, 5.74) is 2.46. The second kappa shape index (κ2) is 7.37. The zero-order valence-corrected chi connectivity index (χ0v) is 14.1. The van der Waals surface area contributed by atoms with Crippen molar-refractivity contribution in [1.82, 2.24) is 5.32 Å². The standard InChI is InChI=1S/C19H15ClN3O2/c20-15-7-5-13(6-8-15)12-22-19(25)17-11-14-3-1-2-4-16(14)23(17)18(24)9-10-21/h2-8,17H,9,11-12H2,(H,22,25). The summed E-state index contributed by atoms with van der Waals surface area (Å²) in [6.45, 7) is 0.343. The Balaban J connectivity index is 1.75. The number of fused-ring (bicyclic) bond motifs is 1. The summed E-state index contributed by atoms with van der Waals surface area (Å²) in [6, 6.07) is 16.6. The number of nitriles is 1. The molecule has 0 saturated heterocycles. The fourth-order valence-corrected chi connectivity index (χ4v) is 3.03. The van der Waals surface area contributed by atoms with Gasteiger partial charge in [0.1, 0.15) is 12.5 Å². The molecule has 3 rings (SSSR count). The first-order valence-electron chi connectivity index (χ1n) is 7.80. The molecule has 2 aromatic carbocycles. The van der Waals surface area contributed by atoms with Crippen LogP contribution in [0.15, 0.2) is 42.5 Å². The van der Waals surface area contributed by atoms with E-state index in [1.165, 1.54) is 4.90 Å². The summed E-state index contributed by atoms with van der Waals surface area (Å²) < 4.78 is 0. The molecule has 0 fully saturated rings. The van der Waals surface area contributed by atoms with Crippen LogP contribution >= 0.6 is 11.6 Å². The van der Waals surface area contributed by atoms with E-state index in [0.29, 0.717) is 23.7 Å². The molecule has 1 aliphatic rings.